The molecule has 0 amide bonds. The summed E-state index contributed by atoms with van der Waals surface area (Å²) in [5.41, 5.74) is 5.31. The summed E-state index contributed by atoms with van der Waals surface area (Å²) in [6.07, 6.45) is 0. The Bertz CT molecular complexity index is 296. The summed E-state index contributed by atoms with van der Waals surface area (Å²) in [7, 11) is 0. The molecular formula is C7H8N2O2. The fourth-order valence-electron chi connectivity index (χ4n) is 0.726. The van der Waals surface area contributed by atoms with Crippen LogP contribution in [0.4, 0.5) is 5.82 Å². The Labute approximate surface area is 63.7 Å². The van der Waals surface area contributed by atoms with Crippen LogP contribution in [0.15, 0.2) is 12.1 Å². The van der Waals surface area contributed by atoms with E-state index in [-0.39, 0.29) is 23.0 Å². The average molecular weight is 152 g/mol. The van der Waals surface area contributed by atoms with Crippen molar-refractivity contribution in [2.45, 2.75) is 6.92 Å². The van der Waals surface area contributed by atoms with E-state index in [9.17, 15) is 4.79 Å². The number of ketones is 1. The molecule has 0 aromatic carbocycles. The molecular weight excluding hydrogens is 144 g/mol. The largest absolute Gasteiger partial charge is 0.506 e. The summed E-state index contributed by atoms with van der Waals surface area (Å²) in [5, 5.41) is 9.07. The molecule has 0 aliphatic carbocycles. The van der Waals surface area contributed by atoms with Crippen LogP contribution in [0, 0.1) is 0 Å². The highest BCUT2D eigenvalue weighted by molar-refractivity contribution is 5.94. The zero-order valence-corrected chi connectivity index (χ0v) is 6.03. The Hall–Kier alpha value is -1.58. The Balaban J connectivity index is 3.23. The van der Waals surface area contributed by atoms with Gasteiger partial charge in [0, 0.05) is 6.92 Å². The van der Waals surface area contributed by atoms with E-state index in [0.717, 1.165) is 0 Å². The van der Waals surface area contributed by atoms with Crippen molar-refractivity contribution in [1.29, 1.82) is 0 Å². The number of anilines is 1. The number of nitrogens with two attached hydrogens (primary N) is 1. The number of aromatic hydroxyl groups is 1. The summed E-state index contributed by atoms with van der Waals surface area (Å²) in [6, 6.07) is 2.78. The van der Waals surface area contributed by atoms with Crippen LogP contribution < -0.4 is 5.73 Å². The average Bonchev–Trinajstić information content (AvgIpc) is 1.94. The normalized spacial score (nSPS) is 9.55. The second kappa shape index (κ2) is 2.57. The second-order valence-electron chi connectivity index (χ2n) is 2.16. The Morgan fingerprint density at radius 1 is 1.64 bits per heavy atom. The molecule has 1 aromatic rings. The molecule has 0 aliphatic heterocycles. The van der Waals surface area contributed by atoms with Gasteiger partial charge in [-0.2, -0.15) is 0 Å². The van der Waals surface area contributed by atoms with Gasteiger partial charge in [0.25, 0.3) is 0 Å². The number of hydrogen-bond donors (Lipinski definition) is 2. The highest BCUT2D eigenvalue weighted by Crippen LogP contribution is 2.15. The molecule has 0 saturated carbocycles. The van der Waals surface area contributed by atoms with Gasteiger partial charge in [-0.3, -0.25) is 4.79 Å². The van der Waals surface area contributed by atoms with Crippen LogP contribution in [-0.2, 0) is 0 Å². The van der Waals surface area contributed by atoms with E-state index in [0.29, 0.717) is 0 Å². The van der Waals surface area contributed by atoms with Crippen molar-refractivity contribution in [3.05, 3.63) is 17.8 Å². The first-order valence-electron chi connectivity index (χ1n) is 3.07. The number of pyridine rings is 1. The molecule has 1 heterocycles. The van der Waals surface area contributed by atoms with Crippen molar-refractivity contribution in [2.24, 2.45) is 0 Å². The smallest absolute Gasteiger partial charge is 0.182 e. The van der Waals surface area contributed by atoms with Crippen molar-refractivity contribution in [2.75, 3.05) is 5.73 Å². The molecule has 0 atom stereocenters. The van der Waals surface area contributed by atoms with Gasteiger partial charge in [-0.05, 0) is 12.1 Å². The minimum atomic E-state index is -0.296. The van der Waals surface area contributed by atoms with Gasteiger partial charge in [0.2, 0.25) is 0 Å². The maximum Gasteiger partial charge on any atom is 0.182 e. The molecule has 11 heavy (non-hydrogen) atoms. The van der Waals surface area contributed by atoms with Gasteiger partial charge in [0.05, 0.1) is 0 Å². The lowest BCUT2D eigenvalue weighted by Gasteiger charge is -1.98. The minimum absolute atomic E-state index is 0.0185. The molecule has 3 N–H and O–H groups in total. The first-order chi connectivity index (χ1) is 5.11. The van der Waals surface area contributed by atoms with Gasteiger partial charge >= 0.3 is 0 Å². The molecule has 0 saturated heterocycles. The van der Waals surface area contributed by atoms with Gasteiger partial charge in [-0.1, -0.05) is 0 Å². The molecule has 0 fully saturated rings. The van der Waals surface area contributed by atoms with Crippen LogP contribution in [0.2, 0.25) is 0 Å². The summed E-state index contributed by atoms with van der Waals surface area (Å²) in [4.78, 5) is 14.4. The SMILES string of the molecule is CC(=O)c1nc(N)ccc1O. The Kier molecular flexibility index (Phi) is 1.76. The van der Waals surface area contributed by atoms with Crippen molar-refractivity contribution >= 4 is 11.6 Å². The van der Waals surface area contributed by atoms with E-state index >= 15 is 0 Å². The first kappa shape index (κ1) is 7.53. The van der Waals surface area contributed by atoms with Crippen LogP contribution in [-0.4, -0.2) is 15.9 Å². The van der Waals surface area contributed by atoms with Gasteiger partial charge in [-0.15, -0.1) is 0 Å². The van der Waals surface area contributed by atoms with Crippen molar-refractivity contribution in [3.63, 3.8) is 0 Å². The number of hydrogen-bond acceptors (Lipinski definition) is 4. The number of Topliss-reactive ketones (excluding diaryl/α,β-unsaturated/α-hetero) is 1. The van der Waals surface area contributed by atoms with Crippen LogP contribution in [0.1, 0.15) is 17.4 Å². The van der Waals surface area contributed by atoms with Crippen LogP contribution in [0.5, 0.6) is 5.75 Å². The lowest BCUT2D eigenvalue weighted by Crippen LogP contribution is -2.00. The molecule has 4 heteroatoms. The number of nitrogen functional groups attached to an aromatic ring is 1. The maximum absolute atomic E-state index is 10.7. The van der Waals surface area contributed by atoms with Crippen LogP contribution in [0.3, 0.4) is 0 Å². The van der Waals surface area contributed by atoms with Gasteiger partial charge in [0.15, 0.2) is 5.78 Å². The highest BCUT2D eigenvalue weighted by Gasteiger charge is 2.07. The van der Waals surface area contributed by atoms with Crippen molar-refractivity contribution in [3.8, 4) is 5.75 Å². The summed E-state index contributed by atoms with van der Waals surface area (Å²) in [6.45, 7) is 1.32. The predicted octanol–water partition coefficient (Wildman–Crippen LogP) is 0.572. The molecule has 1 aromatic heterocycles. The Morgan fingerprint density at radius 2 is 2.27 bits per heavy atom. The highest BCUT2D eigenvalue weighted by atomic mass is 16.3. The number of carbonyl (C=O) groups is 1. The van der Waals surface area contributed by atoms with E-state index in [4.69, 9.17) is 10.8 Å². The van der Waals surface area contributed by atoms with E-state index in [2.05, 4.69) is 4.98 Å². The molecule has 58 valence electrons. The summed E-state index contributed by atoms with van der Waals surface area (Å²) < 4.78 is 0. The van der Waals surface area contributed by atoms with Crippen molar-refractivity contribution < 1.29 is 9.90 Å². The van der Waals surface area contributed by atoms with Gasteiger partial charge in [0.1, 0.15) is 17.3 Å². The fraction of sp³-hybridized carbons (Fsp3) is 0.143. The standard InChI is InChI=1S/C7H8N2O2/c1-4(10)7-5(11)2-3-6(8)9-7/h2-3,11H,1H3,(H2,8,9). The molecule has 1 rings (SSSR count). The zero-order chi connectivity index (χ0) is 8.43. The molecule has 0 unspecified atom stereocenters. The Morgan fingerprint density at radius 3 is 2.73 bits per heavy atom. The first-order valence-corrected chi connectivity index (χ1v) is 3.07. The summed E-state index contributed by atoms with van der Waals surface area (Å²) in [5.74, 6) is -0.200. The van der Waals surface area contributed by atoms with E-state index in [1.54, 1.807) is 0 Å². The topological polar surface area (TPSA) is 76.2 Å². The van der Waals surface area contributed by atoms with E-state index in [1.165, 1.54) is 19.1 Å². The number of rotatable bonds is 1. The molecule has 4 nitrogen and oxygen atoms in total. The third kappa shape index (κ3) is 1.46. The van der Waals surface area contributed by atoms with E-state index < -0.39 is 0 Å². The maximum atomic E-state index is 10.7. The van der Waals surface area contributed by atoms with Gasteiger partial charge < -0.3 is 10.8 Å². The second-order valence-corrected chi connectivity index (χ2v) is 2.16. The quantitative estimate of drug-likeness (QED) is 0.577. The fourth-order valence-corrected chi connectivity index (χ4v) is 0.726. The zero-order valence-electron chi connectivity index (χ0n) is 6.03. The molecule has 0 aliphatic rings. The number of carbonyl (C=O) groups excluding carboxylic acids is 1. The third-order valence-corrected chi connectivity index (χ3v) is 1.23. The lowest BCUT2D eigenvalue weighted by atomic mass is 10.2. The molecule has 0 radical (unpaired) electrons. The molecule has 0 bridgehead atoms. The third-order valence-electron chi connectivity index (χ3n) is 1.23. The minimum Gasteiger partial charge on any atom is -0.506 e. The van der Waals surface area contributed by atoms with E-state index in [1.807, 2.05) is 0 Å². The monoisotopic (exact) mass is 152 g/mol. The number of aromatic nitrogens is 1. The van der Waals surface area contributed by atoms with Crippen molar-refractivity contribution in [1.82, 2.24) is 4.98 Å². The number of nitrogens with zero attached hydrogens (tertiary/aromatic N) is 1. The molecule has 0 spiro atoms. The predicted molar refractivity (Wildman–Crippen MR) is 40.3 cm³/mol. The van der Waals surface area contributed by atoms with Crippen LogP contribution in [0.25, 0.3) is 0 Å². The summed E-state index contributed by atoms with van der Waals surface area (Å²) >= 11 is 0. The van der Waals surface area contributed by atoms with Crippen LogP contribution >= 0.6 is 0 Å². The lowest BCUT2D eigenvalue weighted by molar-refractivity contribution is 0.101. The van der Waals surface area contributed by atoms with Gasteiger partial charge in [-0.25, -0.2) is 4.98 Å².